The lowest BCUT2D eigenvalue weighted by atomic mass is 9.93. The first-order valence-electron chi connectivity index (χ1n) is 8.43. The average Bonchev–Trinajstić information content (AvgIpc) is 2.57. The van der Waals surface area contributed by atoms with Crippen LogP contribution in [0.25, 0.3) is 0 Å². The molecule has 2 heterocycles. The second-order valence-electron chi connectivity index (χ2n) is 6.50. The molecule has 120 valence electrons. The fourth-order valence-corrected chi connectivity index (χ4v) is 3.39. The van der Waals surface area contributed by atoms with Crippen molar-refractivity contribution in [3.8, 4) is 0 Å². The zero-order chi connectivity index (χ0) is 15.4. The van der Waals surface area contributed by atoms with Crippen LogP contribution >= 0.6 is 0 Å². The molecule has 1 amide bonds. The highest BCUT2D eigenvalue weighted by Crippen LogP contribution is 2.29. The quantitative estimate of drug-likeness (QED) is 0.901. The Morgan fingerprint density at radius 3 is 2.77 bits per heavy atom. The zero-order valence-corrected chi connectivity index (χ0v) is 13.3. The van der Waals surface area contributed by atoms with Gasteiger partial charge in [-0.05, 0) is 44.7 Å². The molecule has 0 radical (unpaired) electrons. The number of ether oxygens (including phenoxy) is 1. The summed E-state index contributed by atoms with van der Waals surface area (Å²) in [6, 6.07) is 8.54. The molecule has 2 fully saturated rings. The highest BCUT2D eigenvalue weighted by molar-refractivity contribution is 5.79. The van der Waals surface area contributed by atoms with E-state index in [0.29, 0.717) is 0 Å². The molecular formula is C18H26N2O2. The molecule has 0 spiro atoms. The highest BCUT2D eigenvalue weighted by Gasteiger charge is 2.31. The van der Waals surface area contributed by atoms with E-state index in [0.717, 1.165) is 50.9 Å². The van der Waals surface area contributed by atoms with Crippen LogP contribution in [0, 0.1) is 12.8 Å². The molecular weight excluding hydrogens is 276 g/mol. The minimum atomic E-state index is -0.0187. The Hall–Kier alpha value is -1.39. The molecule has 22 heavy (non-hydrogen) atoms. The van der Waals surface area contributed by atoms with Gasteiger partial charge in [0.2, 0.25) is 5.91 Å². The molecule has 3 rings (SSSR count). The summed E-state index contributed by atoms with van der Waals surface area (Å²) >= 11 is 0. The van der Waals surface area contributed by atoms with Crippen LogP contribution in [0.4, 0.5) is 0 Å². The van der Waals surface area contributed by atoms with Crippen molar-refractivity contribution < 1.29 is 9.53 Å². The number of hydrogen-bond acceptors (Lipinski definition) is 3. The molecule has 0 saturated carbocycles. The van der Waals surface area contributed by atoms with Crippen LogP contribution < -0.4 is 10.6 Å². The highest BCUT2D eigenvalue weighted by atomic mass is 16.5. The molecule has 2 N–H and O–H groups in total. The van der Waals surface area contributed by atoms with Crippen molar-refractivity contribution in [2.24, 2.45) is 5.92 Å². The monoisotopic (exact) mass is 302 g/mol. The molecule has 4 heteroatoms. The van der Waals surface area contributed by atoms with Crippen molar-refractivity contribution >= 4 is 5.91 Å². The van der Waals surface area contributed by atoms with Crippen molar-refractivity contribution in [2.75, 3.05) is 19.7 Å². The SMILES string of the molecule is Cc1ccc(C2OCCCC2NC(=O)C2CCCNC2)cc1. The Kier molecular flexibility index (Phi) is 5.11. The minimum absolute atomic E-state index is 0.0187. The van der Waals surface area contributed by atoms with E-state index in [4.69, 9.17) is 4.74 Å². The summed E-state index contributed by atoms with van der Waals surface area (Å²) in [5, 5.41) is 6.56. The van der Waals surface area contributed by atoms with Crippen LogP contribution in [0.2, 0.25) is 0 Å². The normalized spacial score (nSPS) is 29.0. The van der Waals surface area contributed by atoms with E-state index >= 15 is 0 Å². The summed E-state index contributed by atoms with van der Waals surface area (Å²) in [7, 11) is 0. The van der Waals surface area contributed by atoms with E-state index in [-0.39, 0.29) is 24.0 Å². The maximum atomic E-state index is 12.5. The number of piperidine rings is 1. The Bertz CT molecular complexity index is 494. The largest absolute Gasteiger partial charge is 0.371 e. The van der Waals surface area contributed by atoms with Crippen LogP contribution in [-0.2, 0) is 9.53 Å². The average molecular weight is 302 g/mol. The van der Waals surface area contributed by atoms with Crippen molar-refractivity contribution in [1.29, 1.82) is 0 Å². The van der Waals surface area contributed by atoms with E-state index < -0.39 is 0 Å². The zero-order valence-electron chi connectivity index (χ0n) is 13.3. The number of benzene rings is 1. The topological polar surface area (TPSA) is 50.4 Å². The van der Waals surface area contributed by atoms with Crippen LogP contribution in [0.1, 0.15) is 42.9 Å². The van der Waals surface area contributed by atoms with Gasteiger partial charge in [0.15, 0.2) is 0 Å². The lowest BCUT2D eigenvalue weighted by molar-refractivity contribution is -0.128. The second-order valence-corrected chi connectivity index (χ2v) is 6.50. The lowest BCUT2D eigenvalue weighted by Crippen LogP contribution is -2.48. The standard InChI is InChI=1S/C18H26N2O2/c1-13-6-8-14(9-7-13)17-16(5-3-11-22-17)20-18(21)15-4-2-10-19-12-15/h6-9,15-17,19H,2-5,10-12H2,1H3,(H,20,21). The maximum Gasteiger partial charge on any atom is 0.224 e. The third-order valence-electron chi connectivity index (χ3n) is 4.72. The molecule has 2 saturated heterocycles. The number of hydrogen-bond donors (Lipinski definition) is 2. The van der Waals surface area contributed by atoms with E-state index in [1.165, 1.54) is 5.56 Å². The smallest absolute Gasteiger partial charge is 0.224 e. The van der Waals surface area contributed by atoms with Crippen LogP contribution in [0.5, 0.6) is 0 Å². The van der Waals surface area contributed by atoms with Gasteiger partial charge in [0.05, 0.1) is 12.0 Å². The number of amides is 1. The molecule has 0 aromatic heterocycles. The van der Waals surface area contributed by atoms with E-state index in [1.807, 2.05) is 0 Å². The van der Waals surface area contributed by atoms with Gasteiger partial charge in [-0.3, -0.25) is 4.79 Å². The molecule has 3 atom stereocenters. The molecule has 1 aromatic carbocycles. The molecule has 1 aromatic rings. The van der Waals surface area contributed by atoms with Gasteiger partial charge in [0.25, 0.3) is 0 Å². The summed E-state index contributed by atoms with van der Waals surface area (Å²) in [4.78, 5) is 12.5. The number of carbonyl (C=O) groups is 1. The summed E-state index contributed by atoms with van der Waals surface area (Å²) < 4.78 is 5.97. The van der Waals surface area contributed by atoms with E-state index in [2.05, 4.69) is 41.8 Å². The molecule has 3 unspecified atom stereocenters. The van der Waals surface area contributed by atoms with Crippen LogP contribution in [-0.4, -0.2) is 31.6 Å². The Morgan fingerprint density at radius 2 is 2.05 bits per heavy atom. The predicted octanol–water partition coefficient (Wildman–Crippen LogP) is 2.33. The van der Waals surface area contributed by atoms with Gasteiger partial charge in [-0.1, -0.05) is 29.8 Å². The first kappa shape index (κ1) is 15.5. The lowest BCUT2D eigenvalue weighted by Gasteiger charge is -2.34. The Balaban J connectivity index is 1.66. The number of carbonyl (C=O) groups excluding carboxylic acids is 1. The van der Waals surface area contributed by atoms with Gasteiger partial charge in [0, 0.05) is 13.2 Å². The van der Waals surface area contributed by atoms with Crippen molar-refractivity contribution in [2.45, 2.75) is 44.8 Å². The number of rotatable bonds is 3. The van der Waals surface area contributed by atoms with Gasteiger partial charge in [-0.2, -0.15) is 0 Å². The third kappa shape index (κ3) is 3.68. The molecule has 2 aliphatic heterocycles. The fraction of sp³-hybridized carbons (Fsp3) is 0.611. The second kappa shape index (κ2) is 7.25. The summed E-state index contributed by atoms with van der Waals surface area (Å²) in [5.41, 5.74) is 2.41. The van der Waals surface area contributed by atoms with Crippen molar-refractivity contribution in [1.82, 2.24) is 10.6 Å². The van der Waals surface area contributed by atoms with Crippen molar-refractivity contribution in [3.63, 3.8) is 0 Å². The van der Waals surface area contributed by atoms with Crippen LogP contribution in [0.3, 0.4) is 0 Å². The molecule has 4 nitrogen and oxygen atoms in total. The molecule has 0 bridgehead atoms. The van der Waals surface area contributed by atoms with Gasteiger partial charge in [-0.15, -0.1) is 0 Å². The predicted molar refractivity (Wildman–Crippen MR) is 86.6 cm³/mol. The summed E-state index contributed by atoms with van der Waals surface area (Å²) in [6.45, 7) is 4.69. The minimum Gasteiger partial charge on any atom is -0.371 e. The van der Waals surface area contributed by atoms with Gasteiger partial charge in [-0.25, -0.2) is 0 Å². The number of aryl methyl sites for hydroxylation is 1. The van der Waals surface area contributed by atoms with Gasteiger partial charge in [0.1, 0.15) is 6.10 Å². The van der Waals surface area contributed by atoms with Crippen molar-refractivity contribution in [3.05, 3.63) is 35.4 Å². The maximum absolute atomic E-state index is 12.5. The summed E-state index contributed by atoms with van der Waals surface area (Å²) in [6.07, 6.45) is 4.05. The van der Waals surface area contributed by atoms with Gasteiger partial charge < -0.3 is 15.4 Å². The fourth-order valence-electron chi connectivity index (χ4n) is 3.39. The third-order valence-corrected chi connectivity index (χ3v) is 4.72. The molecule has 2 aliphatic rings. The first-order chi connectivity index (χ1) is 10.7. The van der Waals surface area contributed by atoms with E-state index in [1.54, 1.807) is 0 Å². The number of nitrogens with one attached hydrogen (secondary N) is 2. The Morgan fingerprint density at radius 1 is 1.23 bits per heavy atom. The summed E-state index contributed by atoms with van der Waals surface area (Å²) in [5.74, 6) is 0.286. The van der Waals surface area contributed by atoms with Gasteiger partial charge >= 0.3 is 0 Å². The van der Waals surface area contributed by atoms with E-state index in [9.17, 15) is 4.79 Å². The molecule has 0 aliphatic carbocycles. The van der Waals surface area contributed by atoms with Crippen LogP contribution in [0.15, 0.2) is 24.3 Å². The Labute approximate surface area is 132 Å². The first-order valence-corrected chi connectivity index (χ1v) is 8.43.